The Labute approximate surface area is 109 Å². The number of rotatable bonds is 3. The van der Waals surface area contributed by atoms with Crippen LogP contribution in [-0.2, 0) is 0 Å². The van der Waals surface area contributed by atoms with Crippen LogP contribution < -0.4 is 4.74 Å². The van der Waals surface area contributed by atoms with Crippen LogP contribution in [0.1, 0.15) is 13.8 Å². The number of hydrogen-bond acceptors (Lipinski definition) is 3. The highest BCUT2D eigenvalue weighted by molar-refractivity contribution is 9.10. The van der Waals surface area contributed by atoms with Crippen LogP contribution >= 0.6 is 15.9 Å². The topological polar surface area (TPSA) is 35.0 Å². The average molecular weight is 293 g/mol. The number of ether oxygens (including phenoxy) is 1. The van der Waals surface area contributed by atoms with Crippen molar-refractivity contribution in [2.45, 2.75) is 20.0 Å². The third-order valence-electron chi connectivity index (χ3n) is 2.16. The van der Waals surface area contributed by atoms with E-state index in [1.54, 1.807) is 0 Å². The van der Waals surface area contributed by atoms with Crippen LogP contribution in [0, 0.1) is 0 Å². The first-order chi connectivity index (χ1) is 8.15. The summed E-state index contributed by atoms with van der Waals surface area (Å²) in [7, 11) is 0. The van der Waals surface area contributed by atoms with E-state index in [-0.39, 0.29) is 6.10 Å². The highest BCUT2D eigenvalue weighted by Crippen LogP contribution is 2.22. The minimum atomic E-state index is 0.189. The first kappa shape index (κ1) is 12.0. The van der Waals surface area contributed by atoms with Crippen LogP contribution in [0.2, 0.25) is 0 Å². The zero-order chi connectivity index (χ0) is 12.3. The minimum absolute atomic E-state index is 0.189. The molecule has 2 aromatic rings. The number of benzene rings is 1. The monoisotopic (exact) mass is 292 g/mol. The lowest BCUT2D eigenvalue weighted by atomic mass is 10.1. The number of hydrogen-bond donors (Lipinski definition) is 0. The van der Waals surface area contributed by atoms with E-state index in [1.807, 2.05) is 44.2 Å². The molecule has 1 aromatic carbocycles. The summed E-state index contributed by atoms with van der Waals surface area (Å²) in [5.74, 6) is 0.872. The molecule has 0 aliphatic rings. The van der Waals surface area contributed by atoms with Gasteiger partial charge in [0, 0.05) is 5.56 Å². The molecule has 2 rings (SSSR count). The third-order valence-corrected chi connectivity index (χ3v) is 2.59. The fourth-order valence-corrected chi connectivity index (χ4v) is 1.78. The lowest BCUT2D eigenvalue weighted by Gasteiger charge is -2.09. The fraction of sp³-hybridized carbons (Fsp3) is 0.231. The van der Waals surface area contributed by atoms with Crippen molar-refractivity contribution in [3.05, 3.63) is 41.3 Å². The number of halogens is 1. The van der Waals surface area contributed by atoms with Gasteiger partial charge in [-0.2, -0.15) is 0 Å². The molecule has 0 fully saturated rings. The Morgan fingerprint density at radius 2 is 1.82 bits per heavy atom. The maximum absolute atomic E-state index is 5.59. The molecule has 0 radical (unpaired) electrons. The zero-order valence-corrected chi connectivity index (χ0v) is 11.3. The molecule has 1 aromatic heterocycles. The van der Waals surface area contributed by atoms with Crippen LogP contribution in [0.3, 0.4) is 0 Å². The molecule has 0 spiro atoms. The zero-order valence-electron chi connectivity index (χ0n) is 9.72. The molecule has 0 amide bonds. The van der Waals surface area contributed by atoms with Crippen LogP contribution in [0.15, 0.2) is 41.3 Å². The van der Waals surface area contributed by atoms with Gasteiger partial charge in [-0.15, -0.1) is 0 Å². The lowest BCUT2D eigenvalue weighted by molar-refractivity contribution is 0.242. The van der Waals surface area contributed by atoms with Gasteiger partial charge >= 0.3 is 0 Å². The van der Waals surface area contributed by atoms with Gasteiger partial charge in [0.25, 0.3) is 0 Å². The van der Waals surface area contributed by atoms with Crippen molar-refractivity contribution in [2.24, 2.45) is 0 Å². The van der Waals surface area contributed by atoms with Crippen LogP contribution in [0.25, 0.3) is 11.3 Å². The van der Waals surface area contributed by atoms with E-state index in [0.29, 0.717) is 0 Å². The van der Waals surface area contributed by atoms with Gasteiger partial charge in [-0.05, 0) is 60.1 Å². The number of aromatic nitrogens is 2. The third kappa shape index (κ3) is 3.27. The molecule has 0 bridgehead atoms. The molecule has 0 aliphatic heterocycles. The molecule has 17 heavy (non-hydrogen) atoms. The Balaban J connectivity index is 2.23. The van der Waals surface area contributed by atoms with Crippen LogP contribution in [-0.4, -0.2) is 16.1 Å². The van der Waals surface area contributed by atoms with Gasteiger partial charge < -0.3 is 4.74 Å². The van der Waals surface area contributed by atoms with Crippen LogP contribution in [0.5, 0.6) is 5.75 Å². The van der Waals surface area contributed by atoms with E-state index < -0.39 is 0 Å². The highest BCUT2D eigenvalue weighted by Gasteiger charge is 2.02. The second kappa shape index (κ2) is 5.27. The quantitative estimate of drug-likeness (QED) is 0.809. The van der Waals surface area contributed by atoms with Crippen molar-refractivity contribution >= 4 is 15.9 Å². The summed E-state index contributed by atoms with van der Waals surface area (Å²) in [5, 5.41) is 0. The van der Waals surface area contributed by atoms with Crippen LogP contribution in [0.4, 0.5) is 0 Å². The maximum atomic E-state index is 5.59. The van der Waals surface area contributed by atoms with Gasteiger partial charge in [-0.3, -0.25) is 0 Å². The molecule has 0 N–H and O–H groups in total. The van der Waals surface area contributed by atoms with E-state index in [0.717, 1.165) is 21.6 Å². The largest absolute Gasteiger partial charge is 0.491 e. The predicted octanol–water partition coefficient (Wildman–Crippen LogP) is 3.69. The molecule has 1 heterocycles. The van der Waals surface area contributed by atoms with Gasteiger partial charge in [0.05, 0.1) is 11.8 Å². The summed E-state index contributed by atoms with van der Waals surface area (Å²) in [5.41, 5.74) is 1.94. The Morgan fingerprint density at radius 1 is 1.12 bits per heavy atom. The normalized spacial score (nSPS) is 10.6. The average Bonchev–Trinajstić information content (AvgIpc) is 2.29. The van der Waals surface area contributed by atoms with Crippen molar-refractivity contribution in [1.29, 1.82) is 0 Å². The van der Waals surface area contributed by atoms with Gasteiger partial charge in [0.2, 0.25) is 0 Å². The van der Waals surface area contributed by atoms with E-state index in [9.17, 15) is 0 Å². The van der Waals surface area contributed by atoms with Crippen molar-refractivity contribution < 1.29 is 4.74 Å². The lowest BCUT2D eigenvalue weighted by Crippen LogP contribution is -2.05. The molecular weight excluding hydrogens is 280 g/mol. The first-order valence-electron chi connectivity index (χ1n) is 5.40. The summed E-state index contributed by atoms with van der Waals surface area (Å²) >= 11 is 3.33. The molecule has 3 nitrogen and oxygen atoms in total. The standard InChI is InChI=1S/C13H13BrN2O/c1-9(2)17-11-5-3-10(4-6-11)12-7-13(14)16-8-15-12/h3-9H,1-2H3. The second-order valence-corrected chi connectivity index (χ2v) is 4.73. The first-order valence-corrected chi connectivity index (χ1v) is 6.19. The molecule has 0 aliphatic carbocycles. The Kier molecular flexibility index (Phi) is 3.74. The van der Waals surface area contributed by atoms with Gasteiger partial charge in [0.1, 0.15) is 16.7 Å². The molecular formula is C13H13BrN2O. The molecule has 0 saturated heterocycles. The van der Waals surface area contributed by atoms with E-state index in [1.165, 1.54) is 6.33 Å². The van der Waals surface area contributed by atoms with Gasteiger partial charge in [0.15, 0.2) is 0 Å². The second-order valence-electron chi connectivity index (χ2n) is 3.92. The van der Waals surface area contributed by atoms with E-state index in [4.69, 9.17) is 4.74 Å². The van der Waals surface area contributed by atoms with Crippen molar-refractivity contribution in [2.75, 3.05) is 0 Å². The van der Waals surface area contributed by atoms with Crippen molar-refractivity contribution in [3.8, 4) is 17.0 Å². The summed E-state index contributed by atoms with van der Waals surface area (Å²) < 4.78 is 6.37. The predicted molar refractivity (Wildman–Crippen MR) is 70.9 cm³/mol. The summed E-state index contributed by atoms with van der Waals surface area (Å²) in [4.78, 5) is 8.22. The SMILES string of the molecule is CC(C)Oc1ccc(-c2cc(Br)ncn2)cc1. The summed E-state index contributed by atoms with van der Waals surface area (Å²) in [6.07, 6.45) is 1.73. The molecule has 88 valence electrons. The summed E-state index contributed by atoms with van der Waals surface area (Å²) in [6, 6.07) is 9.77. The van der Waals surface area contributed by atoms with Gasteiger partial charge in [-0.1, -0.05) is 0 Å². The van der Waals surface area contributed by atoms with Crippen molar-refractivity contribution in [1.82, 2.24) is 9.97 Å². The molecule has 0 saturated carbocycles. The molecule has 0 atom stereocenters. The van der Waals surface area contributed by atoms with E-state index in [2.05, 4.69) is 25.9 Å². The maximum Gasteiger partial charge on any atom is 0.119 e. The Hall–Kier alpha value is -1.42. The van der Waals surface area contributed by atoms with E-state index >= 15 is 0 Å². The Bertz CT molecular complexity index is 497. The molecule has 0 unspecified atom stereocenters. The smallest absolute Gasteiger partial charge is 0.119 e. The summed E-state index contributed by atoms with van der Waals surface area (Å²) in [6.45, 7) is 4.02. The highest BCUT2D eigenvalue weighted by atomic mass is 79.9. The minimum Gasteiger partial charge on any atom is -0.491 e. The molecule has 4 heteroatoms. The number of nitrogens with zero attached hydrogens (tertiary/aromatic N) is 2. The fourth-order valence-electron chi connectivity index (χ4n) is 1.47. The van der Waals surface area contributed by atoms with Crippen molar-refractivity contribution in [3.63, 3.8) is 0 Å². The Morgan fingerprint density at radius 3 is 2.41 bits per heavy atom. The van der Waals surface area contributed by atoms with Gasteiger partial charge in [-0.25, -0.2) is 9.97 Å².